The summed E-state index contributed by atoms with van der Waals surface area (Å²) in [5.74, 6) is -0.775. The number of nitrogens with zero attached hydrogens (tertiary/aromatic N) is 2. The molecule has 0 aliphatic carbocycles. The highest BCUT2D eigenvalue weighted by Crippen LogP contribution is 2.24. The highest BCUT2D eigenvalue weighted by molar-refractivity contribution is 7.89. The molecule has 2 heterocycles. The number of aromatic nitrogens is 1. The van der Waals surface area contributed by atoms with Crippen LogP contribution in [0, 0.1) is 13.8 Å². The van der Waals surface area contributed by atoms with Gasteiger partial charge in [0.1, 0.15) is 13.2 Å². The van der Waals surface area contributed by atoms with Gasteiger partial charge in [0.25, 0.3) is 0 Å². The van der Waals surface area contributed by atoms with Crippen LogP contribution in [0.15, 0.2) is 35.2 Å². The molecule has 1 aromatic carbocycles. The molecule has 2 aromatic rings. The molecule has 1 aliphatic rings. The summed E-state index contributed by atoms with van der Waals surface area (Å²) in [4.78, 5) is 12.5. The van der Waals surface area contributed by atoms with Gasteiger partial charge in [-0.3, -0.25) is 0 Å². The third kappa shape index (κ3) is 5.46. The molecule has 7 nitrogen and oxygen atoms in total. The molecule has 0 radical (unpaired) electrons. The maximum absolute atomic E-state index is 12.8. The van der Waals surface area contributed by atoms with Gasteiger partial charge in [-0.15, -0.1) is 0 Å². The fourth-order valence-corrected chi connectivity index (χ4v) is 4.87. The summed E-state index contributed by atoms with van der Waals surface area (Å²) in [5.41, 5.74) is 0.939. The Bertz CT molecular complexity index is 1060. The maximum Gasteiger partial charge on any atom is 0.406 e. The van der Waals surface area contributed by atoms with Gasteiger partial charge in [-0.05, 0) is 37.6 Å². The number of rotatable bonds is 6. The summed E-state index contributed by atoms with van der Waals surface area (Å²) in [5, 5.41) is 0. The molecule has 0 bridgehead atoms. The number of hydrogen-bond acceptors (Lipinski definition) is 5. The van der Waals surface area contributed by atoms with E-state index < -0.39 is 28.7 Å². The van der Waals surface area contributed by atoms with E-state index in [0.29, 0.717) is 24.5 Å². The van der Waals surface area contributed by atoms with E-state index >= 15 is 0 Å². The Balaban J connectivity index is 1.72. The van der Waals surface area contributed by atoms with E-state index in [1.807, 2.05) is 0 Å². The second kappa shape index (κ2) is 9.01. The SMILES string of the molecule is Cc1cc(C(=O)OCc2cccc(S(=O)(=O)N3CCOCC3)c2)c(C)n1CC(F)(F)F. The lowest BCUT2D eigenvalue weighted by atomic mass is 10.2. The molecule has 170 valence electrons. The minimum absolute atomic E-state index is 0.0406. The number of benzene rings is 1. The van der Waals surface area contributed by atoms with E-state index in [0.717, 1.165) is 4.57 Å². The van der Waals surface area contributed by atoms with Crippen molar-refractivity contribution in [1.29, 1.82) is 0 Å². The van der Waals surface area contributed by atoms with E-state index in [-0.39, 0.29) is 35.8 Å². The Morgan fingerprint density at radius 1 is 1.16 bits per heavy atom. The van der Waals surface area contributed by atoms with E-state index in [9.17, 15) is 26.4 Å². The normalized spacial score (nSPS) is 15.8. The summed E-state index contributed by atoms with van der Waals surface area (Å²) in [6.07, 6.45) is -4.41. The van der Waals surface area contributed by atoms with Crippen LogP contribution in [0.4, 0.5) is 13.2 Å². The van der Waals surface area contributed by atoms with Crippen LogP contribution in [-0.2, 0) is 32.6 Å². The minimum Gasteiger partial charge on any atom is -0.457 e. The molecule has 1 aromatic heterocycles. The first-order valence-electron chi connectivity index (χ1n) is 9.56. The van der Waals surface area contributed by atoms with E-state index in [2.05, 4.69) is 0 Å². The zero-order valence-electron chi connectivity index (χ0n) is 17.1. The van der Waals surface area contributed by atoms with Crippen molar-refractivity contribution >= 4 is 16.0 Å². The number of ether oxygens (including phenoxy) is 2. The van der Waals surface area contributed by atoms with Gasteiger partial charge in [-0.1, -0.05) is 12.1 Å². The smallest absolute Gasteiger partial charge is 0.406 e. The number of sulfonamides is 1. The summed E-state index contributed by atoms with van der Waals surface area (Å²) >= 11 is 0. The fourth-order valence-electron chi connectivity index (χ4n) is 3.39. The molecule has 1 fully saturated rings. The second-order valence-electron chi connectivity index (χ2n) is 7.23. The molecule has 0 N–H and O–H groups in total. The molecule has 0 spiro atoms. The summed E-state index contributed by atoms with van der Waals surface area (Å²) in [6.45, 7) is 2.66. The average molecular weight is 460 g/mol. The Labute approximate surface area is 178 Å². The highest BCUT2D eigenvalue weighted by atomic mass is 32.2. The predicted octanol–water partition coefficient (Wildman–Crippen LogP) is 3.05. The van der Waals surface area contributed by atoms with Crippen LogP contribution < -0.4 is 0 Å². The molecule has 1 aliphatic heterocycles. The fraction of sp³-hybridized carbons (Fsp3) is 0.450. The summed E-state index contributed by atoms with van der Waals surface area (Å²) in [7, 11) is -3.70. The molecule has 0 unspecified atom stereocenters. The Kier molecular flexibility index (Phi) is 6.77. The standard InChI is InChI=1S/C20H23F3N2O5S/c1-14-10-18(15(2)25(14)13-20(21,22)23)19(26)30-12-16-4-3-5-17(11-16)31(27,28)24-6-8-29-9-7-24/h3-5,10-11H,6-9,12-13H2,1-2H3. The van der Waals surface area contributed by atoms with Crippen molar-refractivity contribution in [2.24, 2.45) is 0 Å². The molecule has 3 rings (SSSR count). The van der Waals surface area contributed by atoms with Crippen LogP contribution >= 0.6 is 0 Å². The number of alkyl halides is 3. The Morgan fingerprint density at radius 2 is 1.84 bits per heavy atom. The topological polar surface area (TPSA) is 77.8 Å². The lowest BCUT2D eigenvalue weighted by Gasteiger charge is -2.26. The molecular formula is C20H23F3N2O5S. The first-order chi connectivity index (χ1) is 14.5. The summed E-state index contributed by atoms with van der Waals surface area (Å²) in [6, 6.07) is 7.39. The average Bonchev–Trinajstić information content (AvgIpc) is 3.00. The van der Waals surface area contributed by atoms with Crippen LogP contribution in [0.3, 0.4) is 0 Å². The van der Waals surface area contributed by atoms with Crippen molar-refractivity contribution < 1.29 is 35.9 Å². The van der Waals surface area contributed by atoms with Crippen LogP contribution in [0.5, 0.6) is 0 Å². The van der Waals surface area contributed by atoms with Gasteiger partial charge in [0.2, 0.25) is 10.0 Å². The van der Waals surface area contributed by atoms with Crippen molar-refractivity contribution in [2.75, 3.05) is 26.3 Å². The first-order valence-corrected chi connectivity index (χ1v) is 11.0. The number of carbonyl (C=O) groups excluding carboxylic acids is 1. The van der Waals surface area contributed by atoms with Crippen molar-refractivity contribution in [3.05, 3.63) is 52.8 Å². The van der Waals surface area contributed by atoms with Gasteiger partial charge < -0.3 is 14.0 Å². The number of morpholine rings is 1. The third-order valence-electron chi connectivity index (χ3n) is 5.01. The van der Waals surface area contributed by atoms with Crippen LogP contribution in [0.2, 0.25) is 0 Å². The largest absolute Gasteiger partial charge is 0.457 e. The van der Waals surface area contributed by atoms with Crippen molar-refractivity contribution in [3.8, 4) is 0 Å². The molecule has 0 atom stereocenters. The van der Waals surface area contributed by atoms with Gasteiger partial charge in [0.15, 0.2) is 0 Å². The van der Waals surface area contributed by atoms with Crippen molar-refractivity contribution in [3.63, 3.8) is 0 Å². The van der Waals surface area contributed by atoms with E-state index in [1.54, 1.807) is 12.1 Å². The lowest BCUT2D eigenvalue weighted by molar-refractivity contribution is -0.141. The number of hydrogen-bond donors (Lipinski definition) is 0. The molecule has 0 saturated carbocycles. The van der Waals surface area contributed by atoms with Crippen LogP contribution in [0.1, 0.15) is 27.3 Å². The van der Waals surface area contributed by atoms with Crippen molar-refractivity contribution in [1.82, 2.24) is 8.87 Å². The van der Waals surface area contributed by atoms with E-state index in [4.69, 9.17) is 9.47 Å². The molecular weight excluding hydrogens is 437 g/mol. The number of esters is 1. The van der Waals surface area contributed by atoms with Crippen molar-refractivity contribution in [2.45, 2.75) is 38.1 Å². The monoisotopic (exact) mass is 460 g/mol. The zero-order valence-corrected chi connectivity index (χ0v) is 17.9. The van der Waals surface area contributed by atoms with Gasteiger partial charge in [-0.25, -0.2) is 13.2 Å². The highest BCUT2D eigenvalue weighted by Gasteiger charge is 2.31. The van der Waals surface area contributed by atoms with Gasteiger partial charge >= 0.3 is 12.1 Å². The number of carbonyl (C=O) groups is 1. The Morgan fingerprint density at radius 3 is 2.48 bits per heavy atom. The van der Waals surface area contributed by atoms with Gasteiger partial charge in [0.05, 0.1) is 23.7 Å². The quantitative estimate of drug-likeness (QED) is 0.620. The van der Waals surface area contributed by atoms with Crippen LogP contribution in [0.25, 0.3) is 0 Å². The number of halogens is 3. The third-order valence-corrected chi connectivity index (χ3v) is 6.90. The first kappa shape index (κ1) is 23.3. The number of aryl methyl sites for hydroxylation is 1. The second-order valence-corrected chi connectivity index (χ2v) is 9.16. The molecule has 0 amide bonds. The molecule has 31 heavy (non-hydrogen) atoms. The predicted molar refractivity (Wildman–Crippen MR) is 105 cm³/mol. The summed E-state index contributed by atoms with van der Waals surface area (Å²) < 4.78 is 76.6. The lowest BCUT2D eigenvalue weighted by Crippen LogP contribution is -2.40. The zero-order chi connectivity index (χ0) is 22.8. The minimum atomic E-state index is -4.41. The maximum atomic E-state index is 12.8. The molecule has 11 heteroatoms. The molecule has 1 saturated heterocycles. The Hall–Kier alpha value is -2.37. The van der Waals surface area contributed by atoms with E-state index in [1.165, 1.54) is 36.4 Å². The van der Waals surface area contributed by atoms with Gasteiger partial charge in [-0.2, -0.15) is 17.5 Å². The van der Waals surface area contributed by atoms with Gasteiger partial charge in [0, 0.05) is 24.5 Å². The van der Waals surface area contributed by atoms with Crippen LogP contribution in [-0.4, -0.2) is 55.7 Å².